The lowest BCUT2D eigenvalue weighted by Gasteiger charge is -2.37. The van der Waals surface area contributed by atoms with Gasteiger partial charge in [0.05, 0.1) is 19.5 Å². The number of fused-ring (bicyclic) bond motifs is 1. The molecule has 0 saturated heterocycles. The molecule has 1 atom stereocenters. The van der Waals surface area contributed by atoms with E-state index in [4.69, 9.17) is 4.74 Å². The van der Waals surface area contributed by atoms with Crippen molar-refractivity contribution in [2.45, 2.75) is 32.9 Å². The van der Waals surface area contributed by atoms with Crippen LogP contribution in [0.4, 0.5) is 0 Å². The summed E-state index contributed by atoms with van der Waals surface area (Å²) in [5.74, 6) is 0.972. The van der Waals surface area contributed by atoms with Gasteiger partial charge < -0.3 is 14.6 Å². The number of aromatic nitrogens is 2. The lowest BCUT2D eigenvalue weighted by atomic mass is 9.87. The number of H-pyrrole nitrogens is 1. The second-order valence-corrected chi connectivity index (χ2v) is 7.86. The van der Waals surface area contributed by atoms with Gasteiger partial charge in [0, 0.05) is 43.6 Å². The molecular weight excluding hydrogens is 388 g/mol. The molecule has 0 saturated carbocycles. The number of aromatic amines is 1. The zero-order valence-electron chi connectivity index (χ0n) is 18.5. The number of nitrogens with zero attached hydrogens (tertiary/aromatic N) is 3. The van der Waals surface area contributed by atoms with E-state index in [1.54, 1.807) is 13.4 Å². The molecule has 6 heteroatoms. The van der Waals surface area contributed by atoms with Crippen molar-refractivity contribution >= 4 is 5.91 Å². The monoisotopic (exact) mass is 418 g/mol. The predicted molar refractivity (Wildman–Crippen MR) is 121 cm³/mol. The van der Waals surface area contributed by atoms with Crippen LogP contribution in [0.5, 0.6) is 5.75 Å². The SMILES string of the molecule is CCN(CC)C(=O)c1ccc(C2c3ccc(OC)cc3CCN2Cc2cnc[nH]2)cc1. The van der Waals surface area contributed by atoms with E-state index in [0.29, 0.717) is 13.1 Å². The number of carbonyl (C=O) groups is 1. The first kappa shape index (κ1) is 21.1. The quantitative estimate of drug-likeness (QED) is 0.629. The number of carbonyl (C=O) groups excluding carboxylic acids is 1. The summed E-state index contributed by atoms with van der Waals surface area (Å²) < 4.78 is 5.45. The van der Waals surface area contributed by atoms with Crippen LogP contribution in [-0.2, 0) is 13.0 Å². The average Bonchev–Trinajstić information content (AvgIpc) is 3.32. The van der Waals surface area contributed by atoms with E-state index >= 15 is 0 Å². The van der Waals surface area contributed by atoms with Gasteiger partial charge in [0.1, 0.15) is 5.75 Å². The maximum absolute atomic E-state index is 12.7. The molecule has 0 bridgehead atoms. The summed E-state index contributed by atoms with van der Waals surface area (Å²) in [4.78, 5) is 24.4. The Morgan fingerprint density at radius 1 is 1.19 bits per heavy atom. The summed E-state index contributed by atoms with van der Waals surface area (Å²) in [5.41, 5.74) is 5.61. The van der Waals surface area contributed by atoms with Gasteiger partial charge >= 0.3 is 0 Å². The van der Waals surface area contributed by atoms with Crippen molar-refractivity contribution in [3.63, 3.8) is 0 Å². The number of benzene rings is 2. The minimum atomic E-state index is 0.0830. The van der Waals surface area contributed by atoms with Crippen LogP contribution in [0, 0.1) is 0 Å². The third-order valence-corrected chi connectivity index (χ3v) is 6.13. The number of rotatable bonds is 7. The van der Waals surface area contributed by atoms with E-state index in [0.717, 1.165) is 36.5 Å². The zero-order chi connectivity index (χ0) is 21.8. The lowest BCUT2D eigenvalue weighted by Crippen LogP contribution is -2.36. The first-order chi connectivity index (χ1) is 15.1. The van der Waals surface area contributed by atoms with Crippen LogP contribution in [0.15, 0.2) is 55.0 Å². The molecular formula is C25H30N4O2. The van der Waals surface area contributed by atoms with Crippen molar-refractivity contribution in [1.82, 2.24) is 19.8 Å². The molecule has 1 aromatic heterocycles. The number of ether oxygens (including phenoxy) is 1. The molecule has 1 N–H and O–H groups in total. The highest BCUT2D eigenvalue weighted by Crippen LogP contribution is 2.37. The molecule has 162 valence electrons. The van der Waals surface area contributed by atoms with E-state index in [1.165, 1.54) is 16.7 Å². The molecule has 2 heterocycles. The van der Waals surface area contributed by atoms with Gasteiger partial charge in [-0.15, -0.1) is 0 Å². The smallest absolute Gasteiger partial charge is 0.253 e. The first-order valence-corrected chi connectivity index (χ1v) is 10.9. The molecule has 4 rings (SSSR count). The molecule has 1 unspecified atom stereocenters. The van der Waals surface area contributed by atoms with Gasteiger partial charge in [0.2, 0.25) is 0 Å². The van der Waals surface area contributed by atoms with Crippen LogP contribution in [0.25, 0.3) is 0 Å². The normalized spacial score (nSPS) is 16.0. The summed E-state index contributed by atoms with van der Waals surface area (Å²) in [6, 6.07) is 14.6. The highest BCUT2D eigenvalue weighted by Gasteiger charge is 2.29. The highest BCUT2D eigenvalue weighted by molar-refractivity contribution is 5.94. The Morgan fingerprint density at radius 2 is 1.97 bits per heavy atom. The first-order valence-electron chi connectivity index (χ1n) is 10.9. The third-order valence-electron chi connectivity index (χ3n) is 6.13. The molecule has 1 aliphatic rings. The average molecular weight is 419 g/mol. The number of hydrogen-bond donors (Lipinski definition) is 1. The summed E-state index contributed by atoms with van der Waals surface area (Å²) >= 11 is 0. The van der Waals surface area contributed by atoms with Crippen molar-refractivity contribution in [3.8, 4) is 5.75 Å². The second kappa shape index (κ2) is 9.35. The van der Waals surface area contributed by atoms with Crippen LogP contribution in [0.1, 0.15) is 52.6 Å². The number of hydrogen-bond acceptors (Lipinski definition) is 4. The molecule has 3 aromatic rings. The van der Waals surface area contributed by atoms with Crippen molar-refractivity contribution in [1.29, 1.82) is 0 Å². The van der Waals surface area contributed by atoms with Crippen molar-refractivity contribution in [2.24, 2.45) is 0 Å². The van der Waals surface area contributed by atoms with Crippen LogP contribution in [0.2, 0.25) is 0 Å². The van der Waals surface area contributed by atoms with Gasteiger partial charge in [-0.1, -0.05) is 18.2 Å². The summed E-state index contributed by atoms with van der Waals surface area (Å²) in [5, 5.41) is 0. The molecule has 1 aliphatic heterocycles. The molecule has 0 radical (unpaired) electrons. The molecule has 1 amide bonds. The molecule has 0 fully saturated rings. The number of imidazole rings is 1. The van der Waals surface area contributed by atoms with Crippen LogP contribution >= 0.6 is 0 Å². The predicted octanol–water partition coefficient (Wildman–Crippen LogP) is 4.05. The fourth-order valence-electron chi connectivity index (χ4n) is 4.43. The molecule has 31 heavy (non-hydrogen) atoms. The van der Waals surface area contributed by atoms with Crippen LogP contribution < -0.4 is 4.74 Å². The van der Waals surface area contributed by atoms with Gasteiger partial charge in [0.25, 0.3) is 5.91 Å². The molecule has 0 aliphatic carbocycles. The van der Waals surface area contributed by atoms with E-state index in [9.17, 15) is 4.79 Å². The fourth-order valence-corrected chi connectivity index (χ4v) is 4.43. The second-order valence-electron chi connectivity index (χ2n) is 7.86. The van der Waals surface area contributed by atoms with E-state index < -0.39 is 0 Å². The molecule has 6 nitrogen and oxygen atoms in total. The summed E-state index contributed by atoms with van der Waals surface area (Å²) in [6.45, 7) is 7.17. The van der Waals surface area contributed by atoms with E-state index in [1.807, 2.05) is 43.1 Å². The number of methoxy groups -OCH3 is 1. The van der Waals surface area contributed by atoms with Gasteiger partial charge in [0.15, 0.2) is 0 Å². The number of nitrogens with one attached hydrogen (secondary N) is 1. The Bertz CT molecular complexity index is 1010. The van der Waals surface area contributed by atoms with Gasteiger partial charge in [-0.2, -0.15) is 0 Å². The topological polar surface area (TPSA) is 61.5 Å². The Balaban J connectivity index is 1.68. The maximum Gasteiger partial charge on any atom is 0.253 e. The Kier molecular flexibility index (Phi) is 6.37. The zero-order valence-corrected chi connectivity index (χ0v) is 18.5. The number of amides is 1. The Labute approximate surface area is 183 Å². The molecule has 0 spiro atoms. The Morgan fingerprint density at radius 3 is 2.61 bits per heavy atom. The minimum Gasteiger partial charge on any atom is -0.497 e. The maximum atomic E-state index is 12.7. The fraction of sp³-hybridized carbons (Fsp3) is 0.360. The third kappa shape index (κ3) is 4.35. The van der Waals surface area contributed by atoms with E-state index in [2.05, 4.69) is 39.1 Å². The van der Waals surface area contributed by atoms with Crippen molar-refractivity contribution < 1.29 is 9.53 Å². The summed E-state index contributed by atoms with van der Waals surface area (Å²) in [7, 11) is 1.71. The van der Waals surface area contributed by atoms with Crippen molar-refractivity contribution in [2.75, 3.05) is 26.7 Å². The van der Waals surface area contributed by atoms with E-state index in [-0.39, 0.29) is 11.9 Å². The minimum absolute atomic E-state index is 0.0830. The standard InChI is InChI=1S/C25H30N4O2/c1-4-28(5-2)25(30)19-8-6-18(7-9-19)24-23-11-10-22(31-3)14-20(23)12-13-29(24)16-21-15-26-17-27-21/h6-11,14-15,17,24H,4-5,12-13,16H2,1-3H3,(H,26,27). The largest absolute Gasteiger partial charge is 0.497 e. The van der Waals surface area contributed by atoms with Crippen LogP contribution in [0.3, 0.4) is 0 Å². The summed E-state index contributed by atoms with van der Waals surface area (Å²) in [6.07, 6.45) is 4.57. The Hall–Kier alpha value is -3.12. The van der Waals surface area contributed by atoms with Crippen molar-refractivity contribution in [3.05, 3.63) is 82.9 Å². The van der Waals surface area contributed by atoms with Gasteiger partial charge in [-0.05, 0) is 61.2 Å². The van der Waals surface area contributed by atoms with Gasteiger partial charge in [-0.25, -0.2) is 4.98 Å². The highest BCUT2D eigenvalue weighted by atomic mass is 16.5. The lowest BCUT2D eigenvalue weighted by molar-refractivity contribution is 0.0773. The molecule has 2 aromatic carbocycles. The van der Waals surface area contributed by atoms with Crippen LogP contribution in [-0.4, -0.2) is 52.4 Å². The van der Waals surface area contributed by atoms with Gasteiger partial charge in [-0.3, -0.25) is 9.69 Å².